The predicted molar refractivity (Wildman–Crippen MR) is 90.5 cm³/mol. The van der Waals surface area contributed by atoms with Crippen LogP contribution in [-0.4, -0.2) is 37.3 Å². The van der Waals surface area contributed by atoms with E-state index in [0.29, 0.717) is 18.5 Å². The van der Waals surface area contributed by atoms with Crippen molar-refractivity contribution in [1.29, 1.82) is 0 Å². The maximum absolute atomic E-state index is 12.9. The molecule has 2 heterocycles. The van der Waals surface area contributed by atoms with Gasteiger partial charge in [0.2, 0.25) is 0 Å². The average molecular weight is 335 g/mol. The molecule has 1 saturated heterocycles. The van der Waals surface area contributed by atoms with Gasteiger partial charge in [-0.1, -0.05) is 6.07 Å². The van der Waals surface area contributed by atoms with E-state index >= 15 is 0 Å². The quantitative estimate of drug-likeness (QED) is 0.729. The van der Waals surface area contributed by atoms with Gasteiger partial charge in [-0.2, -0.15) is 0 Å². The highest BCUT2D eigenvalue weighted by Gasteiger charge is 2.19. The maximum Gasteiger partial charge on any atom is 0.123 e. The second-order valence-corrected chi connectivity index (χ2v) is 6.78. The van der Waals surface area contributed by atoms with Gasteiger partial charge >= 0.3 is 0 Å². The first kappa shape index (κ1) is 16.4. The van der Waals surface area contributed by atoms with E-state index in [2.05, 4.69) is 22.4 Å². The Morgan fingerprint density at radius 1 is 1.26 bits per heavy atom. The minimum absolute atomic E-state index is 0.241. The molecule has 1 atom stereocenters. The number of benzene rings is 1. The van der Waals surface area contributed by atoms with E-state index in [9.17, 15) is 4.39 Å². The van der Waals surface area contributed by atoms with Crippen LogP contribution in [-0.2, 0) is 11.3 Å². The Morgan fingerprint density at radius 2 is 2.13 bits per heavy atom. The zero-order valence-electron chi connectivity index (χ0n) is 13.1. The van der Waals surface area contributed by atoms with Gasteiger partial charge in [0.25, 0.3) is 0 Å². The summed E-state index contributed by atoms with van der Waals surface area (Å²) in [6.45, 7) is 4.15. The van der Waals surface area contributed by atoms with Crippen molar-refractivity contribution in [3.05, 3.63) is 52.5 Å². The van der Waals surface area contributed by atoms with Crippen molar-refractivity contribution in [3.8, 4) is 5.75 Å². The molecule has 3 nitrogen and oxygen atoms in total. The summed E-state index contributed by atoms with van der Waals surface area (Å²) < 4.78 is 24.4. The Hall–Kier alpha value is -1.43. The highest BCUT2D eigenvalue weighted by Crippen LogP contribution is 2.17. The zero-order valence-corrected chi connectivity index (χ0v) is 13.9. The number of halogens is 1. The molecule has 0 radical (unpaired) electrons. The Labute approximate surface area is 140 Å². The van der Waals surface area contributed by atoms with Crippen LogP contribution < -0.4 is 4.74 Å². The number of ether oxygens (including phenoxy) is 2. The molecule has 23 heavy (non-hydrogen) atoms. The van der Waals surface area contributed by atoms with E-state index in [4.69, 9.17) is 9.47 Å². The topological polar surface area (TPSA) is 21.7 Å². The standard InChI is InChI=1S/C18H22FNO2S/c19-15-5-7-16(8-6-15)22-11-9-20(13-17-3-1-10-21-17)14-18-4-2-12-23-18/h2,4-8,12,17H,1,3,9-11,13-14H2. The summed E-state index contributed by atoms with van der Waals surface area (Å²) in [5.41, 5.74) is 0. The van der Waals surface area contributed by atoms with Gasteiger partial charge in [-0.3, -0.25) is 4.90 Å². The van der Waals surface area contributed by atoms with Crippen LogP contribution >= 0.6 is 11.3 Å². The first-order valence-corrected chi connectivity index (χ1v) is 8.92. The lowest BCUT2D eigenvalue weighted by Gasteiger charge is -2.24. The molecule has 0 aliphatic carbocycles. The molecule has 0 bridgehead atoms. The Kier molecular flexibility index (Phi) is 6.02. The summed E-state index contributed by atoms with van der Waals surface area (Å²) in [7, 11) is 0. The van der Waals surface area contributed by atoms with Gasteiger partial charge in [0.15, 0.2) is 0 Å². The molecule has 2 aromatic rings. The Bertz CT molecular complexity index is 567. The van der Waals surface area contributed by atoms with Crippen molar-refractivity contribution < 1.29 is 13.9 Å². The summed E-state index contributed by atoms with van der Waals surface area (Å²) in [6.07, 6.45) is 2.63. The fourth-order valence-corrected chi connectivity index (χ4v) is 3.50. The fraction of sp³-hybridized carbons (Fsp3) is 0.444. The van der Waals surface area contributed by atoms with Crippen LogP contribution in [0.2, 0.25) is 0 Å². The third kappa shape index (κ3) is 5.30. The number of rotatable bonds is 8. The molecule has 1 aliphatic heterocycles. The van der Waals surface area contributed by atoms with E-state index in [1.54, 1.807) is 23.5 Å². The third-order valence-corrected chi connectivity index (χ3v) is 4.80. The second kappa shape index (κ2) is 8.43. The SMILES string of the molecule is Fc1ccc(OCCN(Cc2cccs2)CC2CCCO2)cc1. The summed E-state index contributed by atoms with van der Waals surface area (Å²) in [5, 5.41) is 2.11. The highest BCUT2D eigenvalue weighted by atomic mass is 32.1. The van der Waals surface area contributed by atoms with Crippen LogP contribution in [0.1, 0.15) is 17.7 Å². The van der Waals surface area contributed by atoms with Crippen molar-refractivity contribution in [3.63, 3.8) is 0 Å². The minimum atomic E-state index is -0.241. The number of thiophene rings is 1. The van der Waals surface area contributed by atoms with Crippen molar-refractivity contribution in [2.75, 3.05) is 26.3 Å². The predicted octanol–water partition coefficient (Wildman–Crippen LogP) is 3.95. The van der Waals surface area contributed by atoms with E-state index < -0.39 is 0 Å². The van der Waals surface area contributed by atoms with Crippen molar-refractivity contribution >= 4 is 11.3 Å². The zero-order chi connectivity index (χ0) is 15.9. The largest absolute Gasteiger partial charge is 0.492 e. The van der Waals surface area contributed by atoms with E-state index in [0.717, 1.165) is 39.1 Å². The van der Waals surface area contributed by atoms with Gasteiger partial charge in [-0.25, -0.2) is 4.39 Å². The van der Waals surface area contributed by atoms with Gasteiger partial charge in [0.1, 0.15) is 18.2 Å². The lowest BCUT2D eigenvalue weighted by Crippen LogP contribution is -2.34. The molecule has 3 rings (SSSR count). The molecule has 0 spiro atoms. The normalized spacial score (nSPS) is 17.7. The van der Waals surface area contributed by atoms with Gasteiger partial charge in [-0.05, 0) is 48.6 Å². The van der Waals surface area contributed by atoms with Crippen LogP contribution in [0.5, 0.6) is 5.75 Å². The van der Waals surface area contributed by atoms with Crippen molar-refractivity contribution in [2.24, 2.45) is 0 Å². The Morgan fingerprint density at radius 3 is 2.83 bits per heavy atom. The summed E-state index contributed by atoms with van der Waals surface area (Å²) in [4.78, 5) is 3.73. The monoisotopic (exact) mass is 335 g/mol. The molecule has 1 aliphatic rings. The molecule has 5 heteroatoms. The van der Waals surface area contributed by atoms with E-state index in [-0.39, 0.29) is 5.82 Å². The molecular formula is C18H22FNO2S. The first-order chi connectivity index (χ1) is 11.3. The molecule has 124 valence electrons. The van der Waals surface area contributed by atoms with Gasteiger partial charge in [-0.15, -0.1) is 11.3 Å². The summed E-state index contributed by atoms with van der Waals surface area (Å²) in [6, 6.07) is 10.4. The molecule has 1 aromatic carbocycles. The lowest BCUT2D eigenvalue weighted by molar-refractivity contribution is 0.0657. The van der Waals surface area contributed by atoms with Gasteiger partial charge in [0, 0.05) is 31.1 Å². The average Bonchev–Trinajstić information content (AvgIpc) is 3.23. The number of hydrogen-bond donors (Lipinski definition) is 0. The van der Waals surface area contributed by atoms with Gasteiger partial charge in [0.05, 0.1) is 6.10 Å². The van der Waals surface area contributed by atoms with Crippen molar-refractivity contribution in [1.82, 2.24) is 4.90 Å². The molecule has 0 amide bonds. The van der Waals surface area contributed by atoms with Gasteiger partial charge < -0.3 is 9.47 Å². The third-order valence-electron chi connectivity index (χ3n) is 3.94. The van der Waals surface area contributed by atoms with Crippen LogP contribution in [0.15, 0.2) is 41.8 Å². The maximum atomic E-state index is 12.9. The van der Waals surface area contributed by atoms with E-state index in [1.165, 1.54) is 17.0 Å². The van der Waals surface area contributed by atoms with Crippen LogP contribution in [0.3, 0.4) is 0 Å². The highest BCUT2D eigenvalue weighted by molar-refractivity contribution is 7.09. The molecule has 0 saturated carbocycles. The summed E-state index contributed by atoms with van der Waals surface area (Å²) >= 11 is 1.78. The van der Waals surface area contributed by atoms with Crippen LogP contribution in [0, 0.1) is 5.82 Å². The van der Waals surface area contributed by atoms with Crippen LogP contribution in [0.4, 0.5) is 4.39 Å². The number of nitrogens with zero attached hydrogens (tertiary/aromatic N) is 1. The van der Waals surface area contributed by atoms with Crippen molar-refractivity contribution in [2.45, 2.75) is 25.5 Å². The fourth-order valence-electron chi connectivity index (χ4n) is 2.76. The first-order valence-electron chi connectivity index (χ1n) is 8.04. The summed E-state index contributed by atoms with van der Waals surface area (Å²) in [5.74, 6) is 0.467. The molecule has 0 N–H and O–H groups in total. The number of hydrogen-bond acceptors (Lipinski definition) is 4. The van der Waals surface area contributed by atoms with E-state index in [1.807, 2.05) is 0 Å². The van der Waals surface area contributed by atoms with Crippen LogP contribution in [0.25, 0.3) is 0 Å². The Balaban J connectivity index is 1.50. The minimum Gasteiger partial charge on any atom is -0.492 e. The molecule has 1 unspecified atom stereocenters. The second-order valence-electron chi connectivity index (χ2n) is 5.75. The molecule has 1 aromatic heterocycles. The lowest BCUT2D eigenvalue weighted by atomic mass is 10.2. The molecule has 1 fully saturated rings. The molecular weight excluding hydrogens is 313 g/mol. The smallest absolute Gasteiger partial charge is 0.123 e.